The van der Waals surface area contributed by atoms with Gasteiger partial charge in [-0.25, -0.2) is 0 Å². The highest BCUT2D eigenvalue weighted by molar-refractivity contribution is 5.78. The van der Waals surface area contributed by atoms with Crippen LogP contribution in [0.25, 0.3) is 0 Å². The van der Waals surface area contributed by atoms with E-state index in [1.54, 1.807) is 13.0 Å². The van der Waals surface area contributed by atoms with Gasteiger partial charge in [-0.2, -0.15) is 0 Å². The van der Waals surface area contributed by atoms with Crippen LogP contribution in [0.3, 0.4) is 0 Å². The molecule has 0 aliphatic heterocycles. The Balaban J connectivity index is 2.09. The third-order valence-electron chi connectivity index (χ3n) is 3.60. The number of hydrogen-bond acceptors (Lipinski definition) is 3. The van der Waals surface area contributed by atoms with Gasteiger partial charge in [-0.15, -0.1) is 0 Å². The summed E-state index contributed by atoms with van der Waals surface area (Å²) >= 11 is 0. The molecule has 3 nitrogen and oxygen atoms in total. The van der Waals surface area contributed by atoms with Crippen LogP contribution in [0.4, 0.5) is 0 Å². The molecule has 2 aromatic rings. The molecule has 0 aliphatic carbocycles. The third kappa shape index (κ3) is 5.29. The van der Waals surface area contributed by atoms with Crippen molar-refractivity contribution in [1.82, 2.24) is 0 Å². The largest absolute Gasteiger partial charge is 0.513 e. The van der Waals surface area contributed by atoms with Gasteiger partial charge in [-0.1, -0.05) is 60.7 Å². The predicted octanol–water partition coefficient (Wildman–Crippen LogP) is 4.41. The maximum absolute atomic E-state index is 12.2. The van der Waals surface area contributed by atoms with E-state index in [4.69, 9.17) is 4.74 Å². The van der Waals surface area contributed by atoms with Crippen LogP contribution in [0.2, 0.25) is 0 Å². The van der Waals surface area contributed by atoms with Crippen molar-refractivity contribution in [2.24, 2.45) is 0 Å². The van der Waals surface area contributed by atoms with Gasteiger partial charge in [0.25, 0.3) is 0 Å². The van der Waals surface area contributed by atoms with Gasteiger partial charge in [0, 0.05) is 6.42 Å². The van der Waals surface area contributed by atoms with Crippen LogP contribution in [0, 0.1) is 0 Å². The number of esters is 1. The zero-order valence-electron chi connectivity index (χ0n) is 13.3. The van der Waals surface area contributed by atoms with Gasteiger partial charge in [0.05, 0.1) is 18.3 Å². The number of allylic oxidation sites excluding steroid dienone is 2. The van der Waals surface area contributed by atoms with Crippen molar-refractivity contribution in [2.45, 2.75) is 25.7 Å². The molecule has 0 aliphatic rings. The molecule has 0 aromatic heterocycles. The van der Waals surface area contributed by atoms with Gasteiger partial charge in [-0.05, 0) is 30.5 Å². The van der Waals surface area contributed by atoms with Crippen LogP contribution in [0.15, 0.2) is 72.5 Å². The Morgan fingerprint density at radius 3 is 2.30 bits per heavy atom. The number of carbonyl (C=O) groups excluding carboxylic acids is 1. The van der Waals surface area contributed by atoms with E-state index in [0.717, 1.165) is 11.1 Å². The topological polar surface area (TPSA) is 46.5 Å². The van der Waals surface area contributed by atoms with Crippen LogP contribution >= 0.6 is 0 Å². The molecule has 0 saturated carbocycles. The summed E-state index contributed by atoms with van der Waals surface area (Å²) < 4.78 is 5.14. The van der Waals surface area contributed by atoms with Gasteiger partial charge >= 0.3 is 5.97 Å². The average Bonchev–Trinajstić information content (AvgIpc) is 2.59. The minimum Gasteiger partial charge on any atom is -0.513 e. The first-order valence-corrected chi connectivity index (χ1v) is 7.84. The van der Waals surface area contributed by atoms with Gasteiger partial charge < -0.3 is 9.84 Å². The summed E-state index contributed by atoms with van der Waals surface area (Å²) in [6.45, 7) is 2.11. The number of aliphatic hydroxyl groups excluding tert-OH is 1. The first-order chi connectivity index (χ1) is 11.2. The highest BCUT2D eigenvalue weighted by Crippen LogP contribution is 2.24. The zero-order chi connectivity index (χ0) is 16.5. The van der Waals surface area contributed by atoms with Crippen molar-refractivity contribution >= 4 is 5.97 Å². The molecule has 1 unspecified atom stereocenters. The fraction of sp³-hybridized carbons (Fsp3) is 0.250. The molecular formula is C20H22O3. The Labute approximate surface area is 137 Å². The van der Waals surface area contributed by atoms with Crippen molar-refractivity contribution in [3.63, 3.8) is 0 Å². The average molecular weight is 310 g/mol. The minimum atomic E-state index is -0.483. The van der Waals surface area contributed by atoms with E-state index in [2.05, 4.69) is 0 Å². The molecule has 120 valence electrons. The zero-order valence-corrected chi connectivity index (χ0v) is 13.3. The van der Waals surface area contributed by atoms with Crippen LogP contribution < -0.4 is 0 Å². The summed E-state index contributed by atoms with van der Waals surface area (Å²) in [6.07, 6.45) is 2.64. The van der Waals surface area contributed by atoms with Crippen LogP contribution in [-0.2, 0) is 16.0 Å². The third-order valence-corrected chi connectivity index (χ3v) is 3.60. The molecule has 1 atom stereocenters. The van der Waals surface area contributed by atoms with Gasteiger partial charge in [0.1, 0.15) is 0 Å². The molecule has 3 heteroatoms. The molecule has 0 saturated heterocycles. The molecule has 0 radical (unpaired) electrons. The number of rotatable bonds is 7. The number of ether oxygens (including phenoxy) is 1. The molecule has 0 heterocycles. The van der Waals surface area contributed by atoms with Crippen LogP contribution in [0.5, 0.6) is 0 Å². The maximum Gasteiger partial charge on any atom is 0.313 e. The quantitative estimate of drug-likeness (QED) is 0.609. The van der Waals surface area contributed by atoms with Crippen LogP contribution in [0.1, 0.15) is 30.4 Å². The second kappa shape index (κ2) is 8.79. The highest BCUT2D eigenvalue weighted by atomic mass is 16.5. The van der Waals surface area contributed by atoms with Crippen molar-refractivity contribution in [3.8, 4) is 0 Å². The molecule has 0 bridgehead atoms. The smallest absolute Gasteiger partial charge is 0.313 e. The van der Waals surface area contributed by atoms with Crippen molar-refractivity contribution in [2.75, 3.05) is 6.61 Å². The lowest BCUT2D eigenvalue weighted by atomic mass is 9.94. The second-order valence-corrected chi connectivity index (χ2v) is 5.30. The van der Waals surface area contributed by atoms with E-state index < -0.39 is 5.92 Å². The van der Waals surface area contributed by atoms with E-state index in [1.807, 2.05) is 60.7 Å². The van der Waals surface area contributed by atoms with E-state index in [9.17, 15) is 9.90 Å². The Bertz CT molecular complexity index is 632. The molecule has 23 heavy (non-hydrogen) atoms. The van der Waals surface area contributed by atoms with Gasteiger partial charge in [0.15, 0.2) is 0 Å². The van der Waals surface area contributed by atoms with Crippen molar-refractivity contribution in [1.29, 1.82) is 0 Å². The lowest BCUT2D eigenvalue weighted by molar-refractivity contribution is -0.145. The highest BCUT2D eigenvalue weighted by Gasteiger charge is 2.23. The first-order valence-electron chi connectivity index (χ1n) is 7.84. The molecule has 0 fully saturated rings. The normalized spacial score (nSPS) is 12.7. The summed E-state index contributed by atoms with van der Waals surface area (Å²) in [5, 5.41) is 10.2. The van der Waals surface area contributed by atoms with Crippen molar-refractivity contribution < 1.29 is 14.6 Å². The lowest BCUT2D eigenvalue weighted by Gasteiger charge is -2.15. The van der Waals surface area contributed by atoms with Crippen LogP contribution in [-0.4, -0.2) is 17.7 Å². The standard InChI is InChI=1S/C20H22O3/c1-2-23-20(22)19(17-11-7-4-8-12-17)15-18(21)14-13-16-9-5-3-6-10-16/h3-12,14,19,21H,2,13,15H2,1H3. The summed E-state index contributed by atoms with van der Waals surface area (Å²) in [5.41, 5.74) is 1.97. The Morgan fingerprint density at radius 1 is 1.09 bits per heavy atom. The van der Waals surface area contributed by atoms with E-state index in [1.165, 1.54) is 0 Å². The summed E-state index contributed by atoms with van der Waals surface area (Å²) in [4.78, 5) is 12.2. The summed E-state index contributed by atoms with van der Waals surface area (Å²) in [7, 11) is 0. The molecule has 0 amide bonds. The summed E-state index contributed by atoms with van der Waals surface area (Å²) in [5.74, 6) is -0.586. The SMILES string of the molecule is CCOC(=O)C(CC(O)=CCc1ccccc1)c1ccccc1. The van der Waals surface area contributed by atoms with E-state index >= 15 is 0 Å². The lowest BCUT2D eigenvalue weighted by Crippen LogP contribution is -2.16. The fourth-order valence-electron chi connectivity index (χ4n) is 2.41. The monoisotopic (exact) mass is 310 g/mol. The maximum atomic E-state index is 12.2. The molecule has 1 N–H and O–H groups in total. The molecule has 0 spiro atoms. The Morgan fingerprint density at radius 2 is 1.70 bits per heavy atom. The van der Waals surface area contributed by atoms with E-state index in [-0.39, 0.29) is 18.1 Å². The number of aliphatic hydroxyl groups is 1. The Kier molecular flexibility index (Phi) is 6.42. The van der Waals surface area contributed by atoms with Gasteiger partial charge in [0.2, 0.25) is 0 Å². The molecular weight excluding hydrogens is 288 g/mol. The Hall–Kier alpha value is -2.55. The summed E-state index contributed by atoms with van der Waals surface area (Å²) in [6, 6.07) is 19.3. The number of benzene rings is 2. The fourth-order valence-corrected chi connectivity index (χ4v) is 2.41. The van der Waals surface area contributed by atoms with Crippen molar-refractivity contribution in [3.05, 3.63) is 83.6 Å². The predicted molar refractivity (Wildman–Crippen MR) is 91.3 cm³/mol. The first kappa shape index (κ1) is 16.8. The molecule has 2 aromatic carbocycles. The van der Waals surface area contributed by atoms with Gasteiger partial charge in [-0.3, -0.25) is 4.79 Å². The number of hydrogen-bond donors (Lipinski definition) is 1. The second-order valence-electron chi connectivity index (χ2n) is 5.30. The number of carbonyl (C=O) groups is 1. The van der Waals surface area contributed by atoms with E-state index in [0.29, 0.717) is 13.0 Å². The molecule has 2 rings (SSSR count). The minimum absolute atomic E-state index is 0.204.